The van der Waals surface area contributed by atoms with Crippen LogP contribution in [0.15, 0.2) is 40.1 Å². The van der Waals surface area contributed by atoms with Crippen LogP contribution in [0.1, 0.15) is 12.7 Å². The topological polar surface area (TPSA) is 77.1 Å². The number of sulfonamides is 1. The Morgan fingerprint density at radius 1 is 1.56 bits per heavy atom. The van der Waals surface area contributed by atoms with E-state index in [9.17, 15) is 8.42 Å². The second-order valence-corrected chi connectivity index (χ2v) is 5.87. The van der Waals surface area contributed by atoms with Gasteiger partial charge in [0.2, 0.25) is 10.0 Å². The molecule has 0 fully saturated rings. The van der Waals surface area contributed by atoms with Gasteiger partial charge < -0.3 is 4.42 Å². The largest absolute Gasteiger partial charge is 0.469 e. The summed E-state index contributed by atoms with van der Waals surface area (Å²) in [5, 5.41) is 3.84. The minimum absolute atomic E-state index is 0.163. The highest BCUT2D eigenvalue weighted by molar-refractivity contribution is 7.89. The lowest BCUT2D eigenvalue weighted by Gasteiger charge is -2.11. The van der Waals surface area contributed by atoms with Crippen LogP contribution in [0.5, 0.6) is 0 Å². The van der Waals surface area contributed by atoms with Gasteiger partial charge in [-0.15, -0.1) is 0 Å². The maximum Gasteiger partial charge on any atom is 0.243 e. The minimum atomic E-state index is -3.52. The molecule has 18 heavy (non-hydrogen) atoms. The number of nitrogens with one attached hydrogen (secondary N) is 1. The average Bonchev–Trinajstić information content (AvgIpc) is 2.88. The number of aryl methyl sites for hydroxylation is 1. The summed E-state index contributed by atoms with van der Waals surface area (Å²) in [6.45, 7) is 1.79. The first kappa shape index (κ1) is 12.8. The molecule has 7 heteroatoms. The van der Waals surface area contributed by atoms with Gasteiger partial charge in [-0.3, -0.25) is 4.68 Å². The smallest absolute Gasteiger partial charge is 0.243 e. The first-order valence-corrected chi connectivity index (χ1v) is 6.99. The Morgan fingerprint density at radius 2 is 2.33 bits per heavy atom. The van der Waals surface area contributed by atoms with Crippen molar-refractivity contribution < 1.29 is 12.8 Å². The van der Waals surface area contributed by atoms with E-state index in [1.165, 1.54) is 17.1 Å². The number of hydrogen-bond acceptors (Lipinski definition) is 4. The van der Waals surface area contributed by atoms with Crippen molar-refractivity contribution in [2.24, 2.45) is 7.05 Å². The zero-order chi connectivity index (χ0) is 13.2. The molecule has 6 nitrogen and oxygen atoms in total. The molecule has 2 aromatic heterocycles. The summed E-state index contributed by atoms with van der Waals surface area (Å²) in [5.41, 5.74) is 0. The molecule has 2 heterocycles. The molecule has 0 aliphatic carbocycles. The molecule has 1 N–H and O–H groups in total. The lowest BCUT2D eigenvalue weighted by Crippen LogP contribution is -2.33. The molecule has 0 saturated heterocycles. The monoisotopic (exact) mass is 269 g/mol. The van der Waals surface area contributed by atoms with Crippen molar-refractivity contribution in [3.8, 4) is 0 Å². The molecule has 0 radical (unpaired) electrons. The molecule has 0 aromatic carbocycles. The fraction of sp³-hybridized carbons (Fsp3) is 0.364. The van der Waals surface area contributed by atoms with Crippen molar-refractivity contribution in [2.45, 2.75) is 24.3 Å². The molecule has 98 valence electrons. The van der Waals surface area contributed by atoms with Gasteiger partial charge in [0.25, 0.3) is 0 Å². The van der Waals surface area contributed by atoms with Crippen molar-refractivity contribution in [3.05, 3.63) is 36.5 Å². The van der Waals surface area contributed by atoms with Crippen LogP contribution in [-0.2, 0) is 23.5 Å². The van der Waals surface area contributed by atoms with Gasteiger partial charge >= 0.3 is 0 Å². The van der Waals surface area contributed by atoms with Gasteiger partial charge in [0.05, 0.1) is 12.5 Å². The molecule has 0 amide bonds. The van der Waals surface area contributed by atoms with Gasteiger partial charge in [0.15, 0.2) is 0 Å². The zero-order valence-electron chi connectivity index (χ0n) is 10.2. The lowest BCUT2D eigenvalue weighted by molar-refractivity contribution is 0.479. The highest BCUT2D eigenvalue weighted by Gasteiger charge is 2.19. The Balaban J connectivity index is 2.04. The molecule has 2 aromatic rings. The van der Waals surface area contributed by atoms with Crippen LogP contribution in [0.2, 0.25) is 0 Å². The maximum atomic E-state index is 12.0. The van der Waals surface area contributed by atoms with E-state index < -0.39 is 10.0 Å². The highest BCUT2D eigenvalue weighted by atomic mass is 32.2. The van der Waals surface area contributed by atoms with Gasteiger partial charge in [0, 0.05) is 25.7 Å². The molecule has 0 bridgehead atoms. The number of nitrogens with zero attached hydrogens (tertiary/aromatic N) is 2. The molecular formula is C11H15N3O3S. The second kappa shape index (κ2) is 4.95. The SMILES string of the molecule is C[C@H](Cc1ccco1)NS(=O)(=O)c1cnn(C)c1. The quantitative estimate of drug-likeness (QED) is 0.875. The van der Waals surface area contributed by atoms with Crippen LogP contribution in [0.4, 0.5) is 0 Å². The summed E-state index contributed by atoms with van der Waals surface area (Å²) in [6, 6.07) is 3.34. The van der Waals surface area contributed by atoms with Crippen molar-refractivity contribution >= 4 is 10.0 Å². The summed E-state index contributed by atoms with van der Waals surface area (Å²) >= 11 is 0. The highest BCUT2D eigenvalue weighted by Crippen LogP contribution is 2.09. The van der Waals surface area contributed by atoms with E-state index in [1.54, 1.807) is 26.3 Å². The van der Waals surface area contributed by atoms with Gasteiger partial charge in [-0.1, -0.05) is 0 Å². The Labute approximate surface area is 106 Å². The predicted molar refractivity (Wildman–Crippen MR) is 65.4 cm³/mol. The van der Waals surface area contributed by atoms with Crippen molar-refractivity contribution in [1.29, 1.82) is 0 Å². The average molecular weight is 269 g/mol. The molecule has 0 unspecified atom stereocenters. The Morgan fingerprint density at radius 3 is 2.89 bits per heavy atom. The van der Waals surface area contributed by atoms with E-state index in [1.807, 2.05) is 6.07 Å². The number of rotatable bonds is 5. The standard InChI is InChI=1S/C11H15N3O3S/c1-9(6-10-4-3-5-17-10)13-18(15,16)11-7-12-14(2)8-11/h3-5,7-9,13H,6H2,1-2H3/t9-/m1/s1. The molecular weight excluding hydrogens is 254 g/mol. The van der Waals surface area contributed by atoms with Gasteiger partial charge in [-0.2, -0.15) is 5.10 Å². The first-order valence-electron chi connectivity index (χ1n) is 5.51. The molecule has 0 aliphatic heterocycles. The molecule has 0 aliphatic rings. The Hall–Kier alpha value is -1.60. The molecule has 1 atom stereocenters. The minimum Gasteiger partial charge on any atom is -0.469 e. The summed E-state index contributed by atoms with van der Waals surface area (Å²) < 4.78 is 33.2. The van der Waals surface area contributed by atoms with Crippen molar-refractivity contribution in [2.75, 3.05) is 0 Å². The van der Waals surface area contributed by atoms with E-state index in [4.69, 9.17) is 4.42 Å². The van der Waals surface area contributed by atoms with E-state index in [2.05, 4.69) is 9.82 Å². The van der Waals surface area contributed by atoms with Crippen LogP contribution in [0.25, 0.3) is 0 Å². The lowest BCUT2D eigenvalue weighted by atomic mass is 10.2. The number of furan rings is 1. The Bertz CT molecular complexity index is 601. The van der Waals surface area contributed by atoms with Crippen LogP contribution in [0, 0.1) is 0 Å². The van der Waals surface area contributed by atoms with E-state index in [0.29, 0.717) is 6.42 Å². The zero-order valence-corrected chi connectivity index (χ0v) is 11.0. The fourth-order valence-electron chi connectivity index (χ4n) is 1.64. The second-order valence-electron chi connectivity index (χ2n) is 4.16. The molecule has 0 spiro atoms. The van der Waals surface area contributed by atoms with Crippen LogP contribution >= 0.6 is 0 Å². The van der Waals surface area contributed by atoms with Crippen molar-refractivity contribution in [3.63, 3.8) is 0 Å². The van der Waals surface area contributed by atoms with Gasteiger partial charge in [-0.05, 0) is 19.1 Å². The fourth-order valence-corrected chi connectivity index (χ4v) is 2.87. The third kappa shape index (κ3) is 2.99. The first-order chi connectivity index (χ1) is 8.47. The number of aromatic nitrogens is 2. The van der Waals surface area contributed by atoms with E-state index in [0.717, 1.165) is 5.76 Å². The van der Waals surface area contributed by atoms with Crippen LogP contribution in [-0.4, -0.2) is 24.2 Å². The molecule has 0 saturated carbocycles. The van der Waals surface area contributed by atoms with E-state index in [-0.39, 0.29) is 10.9 Å². The van der Waals surface area contributed by atoms with Gasteiger partial charge in [0.1, 0.15) is 10.7 Å². The van der Waals surface area contributed by atoms with E-state index >= 15 is 0 Å². The summed E-state index contributed by atoms with van der Waals surface area (Å²) in [5.74, 6) is 0.747. The normalized spacial score (nSPS) is 13.7. The summed E-state index contributed by atoms with van der Waals surface area (Å²) in [6.07, 6.45) is 4.86. The third-order valence-electron chi connectivity index (χ3n) is 2.44. The third-order valence-corrected chi connectivity index (χ3v) is 3.98. The Kier molecular flexibility index (Phi) is 3.53. The van der Waals surface area contributed by atoms with Crippen LogP contribution < -0.4 is 4.72 Å². The predicted octanol–water partition coefficient (Wildman–Crippen LogP) is 0.923. The summed E-state index contributed by atoms with van der Waals surface area (Å²) in [7, 11) is -1.84. The van der Waals surface area contributed by atoms with Crippen molar-refractivity contribution in [1.82, 2.24) is 14.5 Å². The van der Waals surface area contributed by atoms with Crippen LogP contribution in [0.3, 0.4) is 0 Å². The molecule has 2 rings (SSSR count). The summed E-state index contributed by atoms with van der Waals surface area (Å²) in [4.78, 5) is 0.163. The maximum absolute atomic E-state index is 12.0. The van der Waals surface area contributed by atoms with Gasteiger partial charge in [-0.25, -0.2) is 13.1 Å². The number of hydrogen-bond donors (Lipinski definition) is 1.